The molecule has 1 heterocycles. The van der Waals surface area contributed by atoms with Crippen LogP contribution in [0.2, 0.25) is 0 Å². The van der Waals surface area contributed by atoms with Crippen molar-refractivity contribution in [2.75, 3.05) is 6.61 Å². The van der Waals surface area contributed by atoms with Gasteiger partial charge in [-0.1, -0.05) is 0 Å². The molecule has 1 fully saturated rings. The summed E-state index contributed by atoms with van der Waals surface area (Å²) in [5.41, 5.74) is -0.599. The minimum atomic E-state index is -0.599. The Balaban J connectivity index is 1.91. The van der Waals surface area contributed by atoms with Gasteiger partial charge in [-0.2, -0.15) is 0 Å². The van der Waals surface area contributed by atoms with E-state index in [1.165, 1.54) is 0 Å². The topological polar surface area (TPSA) is 47.3 Å². The maximum absolute atomic E-state index is 10.3. The van der Waals surface area contributed by atoms with Gasteiger partial charge in [0.05, 0.1) is 11.7 Å². The molecule has 1 aliphatic rings. The predicted octanol–water partition coefficient (Wildman–Crippen LogP) is 1.38. The number of hydrogen-bond acceptors (Lipinski definition) is 3. The van der Waals surface area contributed by atoms with E-state index in [9.17, 15) is 5.11 Å². The number of aromatic nitrogens is 2. The molecule has 0 unspecified atom stereocenters. The van der Waals surface area contributed by atoms with Crippen molar-refractivity contribution in [3.63, 3.8) is 0 Å². The third-order valence-electron chi connectivity index (χ3n) is 3.25. The van der Waals surface area contributed by atoms with Gasteiger partial charge in [0.1, 0.15) is 5.82 Å². The van der Waals surface area contributed by atoms with Crippen LogP contribution in [-0.4, -0.2) is 33.0 Å². The molecule has 1 aromatic rings. The van der Waals surface area contributed by atoms with E-state index in [2.05, 4.69) is 16.5 Å². The smallest absolute Gasteiger partial charge is 0.111 e. The molecular formula is C12H20N2O2. The van der Waals surface area contributed by atoms with Crippen molar-refractivity contribution in [2.45, 2.75) is 51.4 Å². The Morgan fingerprint density at radius 3 is 2.94 bits per heavy atom. The number of hydrogen-bond donors (Lipinski definition) is 1. The van der Waals surface area contributed by atoms with Crippen LogP contribution in [0, 0.1) is 0 Å². The number of ether oxygens (including phenoxy) is 1. The molecule has 0 spiro atoms. The van der Waals surface area contributed by atoms with Gasteiger partial charge >= 0.3 is 0 Å². The molecule has 0 bridgehead atoms. The predicted molar refractivity (Wildman–Crippen MR) is 61.2 cm³/mol. The van der Waals surface area contributed by atoms with E-state index in [-0.39, 0.29) is 6.10 Å². The van der Waals surface area contributed by atoms with Gasteiger partial charge in [-0.05, 0) is 13.8 Å². The minimum Gasteiger partial charge on any atom is -0.389 e. The van der Waals surface area contributed by atoms with E-state index in [1.807, 2.05) is 13.1 Å². The monoisotopic (exact) mass is 224 g/mol. The van der Waals surface area contributed by atoms with Crippen molar-refractivity contribution in [3.05, 3.63) is 18.2 Å². The Morgan fingerprint density at radius 1 is 1.56 bits per heavy atom. The maximum atomic E-state index is 10.3. The van der Waals surface area contributed by atoms with Gasteiger partial charge in [0.2, 0.25) is 0 Å². The molecule has 1 aromatic heterocycles. The Hall–Kier alpha value is -0.870. The summed E-state index contributed by atoms with van der Waals surface area (Å²) in [5.74, 6) is 0.972. The van der Waals surface area contributed by atoms with Crippen molar-refractivity contribution in [2.24, 2.45) is 0 Å². The Kier molecular flexibility index (Phi) is 3.30. The largest absolute Gasteiger partial charge is 0.389 e. The van der Waals surface area contributed by atoms with Crippen LogP contribution in [0.5, 0.6) is 0 Å². The van der Waals surface area contributed by atoms with Crippen LogP contribution in [0.1, 0.15) is 32.5 Å². The zero-order chi connectivity index (χ0) is 11.6. The van der Waals surface area contributed by atoms with Crippen LogP contribution in [0.3, 0.4) is 0 Å². The summed E-state index contributed by atoms with van der Waals surface area (Å²) in [6.45, 7) is 5.70. The summed E-state index contributed by atoms with van der Waals surface area (Å²) in [5, 5.41) is 10.3. The molecular weight excluding hydrogens is 204 g/mol. The molecule has 0 radical (unpaired) electrons. The molecule has 1 saturated carbocycles. The lowest BCUT2D eigenvalue weighted by atomic mass is 9.75. The van der Waals surface area contributed by atoms with Crippen molar-refractivity contribution < 1.29 is 9.84 Å². The highest BCUT2D eigenvalue weighted by Gasteiger charge is 2.43. The van der Waals surface area contributed by atoms with Gasteiger partial charge in [-0.25, -0.2) is 4.98 Å². The Bertz CT molecular complexity index is 343. The molecule has 0 amide bonds. The first-order valence-electron chi connectivity index (χ1n) is 6.01. The van der Waals surface area contributed by atoms with Gasteiger partial charge in [-0.15, -0.1) is 0 Å². The summed E-state index contributed by atoms with van der Waals surface area (Å²) >= 11 is 0. The minimum absolute atomic E-state index is 0.236. The average Bonchev–Trinajstić information content (AvgIpc) is 2.63. The van der Waals surface area contributed by atoms with Crippen molar-refractivity contribution in [1.29, 1.82) is 0 Å². The molecule has 1 N–H and O–H groups in total. The van der Waals surface area contributed by atoms with Gasteiger partial charge in [0.25, 0.3) is 0 Å². The summed E-state index contributed by atoms with van der Waals surface area (Å²) in [6.07, 6.45) is 6.09. The first kappa shape index (κ1) is 11.6. The lowest BCUT2D eigenvalue weighted by molar-refractivity contribution is -0.137. The number of imidazole rings is 1. The zero-order valence-corrected chi connectivity index (χ0v) is 10.0. The molecule has 4 nitrogen and oxygen atoms in total. The molecule has 2 rings (SSSR count). The molecule has 4 heteroatoms. The van der Waals surface area contributed by atoms with Crippen LogP contribution < -0.4 is 0 Å². The summed E-state index contributed by atoms with van der Waals surface area (Å²) in [4.78, 5) is 4.29. The van der Waals surface area contributed by atoms with Gasteiger partial charge in [0, 0.05) is 44.8 Å². The lowest BCUT2D eigenvalue weighted by Crippen LogP contribution is -2.50. The Labute approximate surface area is 96.3 Å². The fourth-order valence-corrected chi connectivity index (χ4v) is 2.38. The van der Waals surface area contributed by atoms with Crippen molar-refractivity contribution in [3.8, 4) is 0 Å². The molecule has 16 heavy (non-hydrogen) atoms. The summed E-state index contributed by atoms with van der Waals surface area (Å²) < 4.78 is 7.54. The molecule has 1 aliphatic carbocycles. The van der Waals surface area contributed by atoms with E-state index in [0.29, 0.717) is 6.42 Å². The zero-order valence-electron chi connectivity index (χ0n) is 10.0. The number of aliphatic hydroxyl groups is 1. The Morgan fingerprint density at radius 2 is 2.31 bits per heavy atom. The third-order valence-corrected chi connectivity index (χ3v) is 3.25. The highest BCUT2D eigenvalue weighted by molar-refractivity contribution is 5.05. The summed E-state index contributed by atoms with van der Waals surface area (Å²) in [6, 6.07) is 0. The first-order valence-corrected chi connectivity index (χ1v) is 6.01. The van der Waals surface area contributed by atoms with E-state index in [1.54, 1.807) is 6.20 Å². The fourth-order valence-electron chi connectivity index (χ4n) is 2.38. The number of rotatable bonds is 5. The van der Waals surface area contributed by atoms with Crippen LogP contribution in [-0.2, 0) is 17.7 Å². The summed E-state index contributed by atoms with van der Waals surface area (Å²) in [7, 11) is 0. The maximum Gasteiger partial charge on any atom is 0.111 e. The van der Waals surface area contributed by atoms with E-state index in [0.717, 1.165) is 31.8 Å². The molecule has 0 saturated heterocycles. The van der Waals surface area contributed by atoms with Gasteiger partial charge in [-0.3, -0.25) is 0 Å². The second kappa shape index (κ2) is 4.55. The molecule has 0 atom stereocenters. The number of aryl methyl sites for hydroxylation is 1. The molecule has 90 valence electrons. The lowest BCUT2D eigenvalue weighted by Gasteiger charge is -2.43. The van der Waals surface area contributed by atoms with E-state index < -0.39 is 5.60 Å². The van der Waals surface area contributed by atoms with Crippen LogP contribution >= 0.6 is 0 Å². The van der Waals surface area contributed by atoms with Crippen LogP contribution in [0.4, 0.5) is 0 Å². The van der Waals surface area contributed by atoms with E-state index >= 15 is 0 Å². The standard InChI is InChI=1S/C12H20N2O2/c1-3-14-6-5-13-11(14)9-12(15)7-10(8-12)16-4-2/h5-6,10,15H,3-4,7-9H2,1-2H3. The SMILES string of the molecule is CCOC1CC(O)(Cc2nccn2CC)C1. The number of nitrogens with zero attached hydrogens (tertiary/aromatic N) is 2. The molecule has 0 aromatic carbocycles. The van der Waals surface area contributed by atoms with Gasteiger partial charge < -0.3 is 14.4 Å². The third kappa shape index (κ3) is 2.28. The fraction of sp³-hybridized carbons (Fsp3) is 0.750. The second-order valence-corrected chi connectivity index (χ2v) is 4.52. The average molecular weight is 224 g/mol. The van der Waals surface area contributed by atoms with Gasteiger partial charge in [0.15, 0.2) is 0 Å². The highest BCUT2D eigenvalue weighted by Crippen LogP contribution is 2.36. The normalized spacial score (nSPS) is 29.1. The van der Waals surface area contributed by atoms with E-state index in [4.69, 9.17) is 4.74 Å². The highest BCUT2D eigenvalue weighted by atomic mass is 16.5. The van der Waals surface area contributed by atoms with Crippen molar-refractivity contribution >= 4 is 0 Å². The molecule has 0 aliphatic heterocycles. The van der Waals surface area contributed by atoms with Crippen molar-refractivity contribution in [1.82, 2.24) is 9.55 Å². The van der Waals surface area contributed by atoms with Crippen LogP contribution in [0.15, 0.2) is 12.4 Å². The quantitative estimate of drug-likeness (QED) is 0.822. The van der Waals surface area contributed by atoms with Crippen LogP contribution in [0.25, 0.3) is 0 Å². The first-order chi connectivity index (χ1) is 7.67. The second-order valence-electron chi connectivity index (χ2n) is 4.52.